The van der Waals surface area contributed by atoms with Crippen molar-refractivity contribution < 1.29 is 9.90 Å². The number of carbonyl (C=O) groups is 1. The number of hydrogen-bond donors (Lipinski definition) is 1. The first kappa shape index (κ1) is 13.1. The smallest absolute Gasteiger partial charge is 0.328 e. The third-order valence-corrected chi connectivity index (χ3v) is 3.43. The molecule has 0 saturated carbocycles. The average molecular weight is 274 g/mol. The Bertz CT molecular complexity index is 812. The maximum atomic E-state index is 11.2. The van der Waals surface area contributed by atoms with Crippen LogP contribution in [0.3, 0.4) is 0 Å². The monoisotopic (exact) mass is 274 g/mol. The highest BCUT2D eigenvalue weighted by molar-refractivity contribution is 6.02. The van der Waals surface area contributed by atoms with Gasteiger partial charge < -0.3 is 5.11 Å². The Balaban J connectivity index is 2.28. The lowest BCUT2D eigenvalue weighted by Gasteiger charge is -2.11. The van der Waals surface area contributed by atoms with Crippen LogP contribution in [0.15, 0.2) is 78.9 Å². The van der Waals surface area contributed by atoms with Gasteiger partial charge in [0.25, 0.3) is 0 Å². The molecule has 0 aliphatic carbocycles. The minimum atomic E-state index is -0.943. The van der Waals surface area contributed by atoms with Crippen LogP contribution in [-0.4, -0.2) is 11.1 Å². The molecule has 0 radical (unpaired) electrons. The summed E-state index contributed by atoms with van der Waals surface area (Å²) in [6.45, 7) is 0. The summed E-state index contributed by atoms with van der Waals surface area (Å²) in [5.41, 5.74) is 2.55. The molecule has 21 heavy (non-hydrogen) atoms. The van der Waals surface area contributed by atoms with Gasteiger partial charge in [0.15, 0.2) is 0 Å². The molecule has 2 nitrogen and oxygen atoms in total. The first-order valence-electron chi connectivity index (χ1n) is 6.74. The Morgan fingerprint density at radius 1 is 0.810 bits per heavy atom. The molecule has 2 heteroatoms. The fraction of sp³-hybridized carbons (Fsp3) is 0. The van der Waals surface area contributed by atoms with Gasteiger partial charge in [0.1, 0.15) is 0 Å². The van der Waals surface area contributed by atoms with Gasteiger partial charge in [0.05, 0.1) is 0 Å². The van der Waals surface area contributed by atoms with E-state index in [4.69, 9.17) is 0 Å². The molecule has 3 rings (SSSR count). The van der Waals surface area contributed by atoms with Crippen LogP contribution in [0, 0.1) is 0 Å². The molecule has 0 fully saturated rings. The largest absolute Gasteiger partial charge is 0.478 e. The number of hydrogen-bond acceptors (Lipinski definition) is 1. The van der Waals surface area contributed by atoms with Gasteiger partial charge in [-0.2, -0.15) is 0 Å². The van der Waals surface area contributed by atoms with Crippen molar-refractivity contribution in [1.29, 1.82) is 0 Å². The highest BCUT2D eigenvalue weighted by Crippen LogP contribution is 2.29. The van der Waals surface area contributed by atoms with Crippen LogP contribution in [0.5, 0.6) is 0 Å². The molecule has 3 aromatic rings. The van der Waals surface area contributed by atoms with E-state index in [0.717, 1.165) is 27.5 Å². The second kappa shape index (κ2) is 5.63. The second-order valence-corrected chi connectivity index (χ2v) is 4.79. The molecule has 1 N–H and O–H groups in total. The molecule has 0 unspecified atom stereocenters. The number of benzene rings is 3. The fourth-order valence-corrected chi connectivity index (χ4v) is 2.52. The van der Waals surface area contributed by atoms with E-state index in [1.54, 1.807) is 0 Å². The minimum absolute atomic E-state index is 0.722. The Hall–Kier alpha value is -2.87. The number of carboxylic acid groups (broad SMARTS) is 1. The van der Waals surface area contributed by atoms with Crippen LogP contribution in [0.1, 0.15) is 11.1 Å². The van der Waals surface area contributed by atoms with Crippen molar-refractivity contribution in [2.75, 3.05) is 0 Å². The minimum Gasteiger partial charge on any atom is -0.478 e. The van der Waals surface area contributed by atoms with Gasteiger partial charge in [0.2, 0.25) is 0 Å². The molecule has 3 aromatic carbocycles. The Kier molecular flexibility index (Phi) is 3.52. The Morgan fingerprint density at radius 2 is 1.48 bits per heavy atom. The number of fused-ring (bicyclic) bond motifs is 1. The van der Waals surface area contributed by atoms with E-state index in [2.05, 4.69) is 0 Å². The number of rotatable bonds is 3. The van der Waals surface area contributed by atoms with Gasteiger partial charge in [-0.25, -0.2) is 4.79 Å². The van der Waals surface area contributed by atoms with Crippen LogP contribution in [0.25, 0.3) is 16.3 Å². The zero-order chi connectivity index (χ0) is 14.7. The van der Waals surface area contributed by atoms with E-state index in [9.17, 15) is 9.90 Å². The predicted octanol–water partition coefficient (Wildman–Crippen LogP) is 4.36. The maximum Gasteiger partial charge on any atom is 0.328 e. The summed E-state index contributed by atoms with van der Waals surface area (Å²) >= 11 is 0. The van der Waals surface area contributed by atoms with Crippen molar-refractivity contribution in [1.82, 2.24) is 0 Å². The van der Waals surface area contributed by atoms with Crippen LogP contribution < -0.4 is 0 Å². The molecular weight excluding hydrogens is 260 g/mol. The third kappa shape index (κ3) is 2.70. The van der Waals surface area contributed by atoms with Gasteiger partial charge in [-0.1, -0.05) is 72.8 Å². The summed E-state index contributed by atoms with van der Waals surface area (Å²) in [5, 5.41) is 11.4. The topological polar surface area (TPSA) is 37.3 Å². The van der Waals surface area contributed by atoms with Crippen molar-refractivity contribution in [2.24, 2.45) is 0 Å². The average Bonchev–Trinajstić information content (AvgIpc) is 2.53. The molecule has 0 atom stereocenters. The van der Waals surface area contributed by atoms with Gasteiger partial charge in [-0.3, -0.25) is 0 Å². The van der Waals surface area contributed by atoms with E-state index >= 15 is 0 Å². The molecule has 0 saturated heterocycles. The molecular formula is C19H14O2. The normalized spacial score (nSPS) is 11.5. The highest BCUT2D eigenvalue weighted by atomic mass is 16.4. The Labute approximate surface area is 123 Å². The van der Waals surface area contributed by atoms with Crippen molar-refractivity contribution in [3.05, 3.63) is 90.0 Å². The lowest BCUT2D eigenvalue weighted by Crippen LogP contribution is -1.95. The van der Waals surface area contributed by atoms with E-state index in [-0.39, 0.29) is 0 Å². The van der Waals surface area contributed by atoms with Crippen LogP contribution in [-0.2, 0) is 4.79 Å². The maximum absolute atomic E-state index is 11.2. The van der Waals surface area contributed by atoms with E-state index in [1.807, 2.05) is 72.8 Å². The van der Waals surface area contributed by atoms with Crippen LogP contribution in [0.4, 0.5) is 0 Å². The van der Waals surface area contributed by atoms with Crippen LogP contribution >= 0.6 is 0 Å². The van der Waals surface area contributed by atoms with E-state index in [0.29, 0.717) is 0 Å². The fourth-order valence-electron chi connectivity index (χ4n) is 2.52. The molecule has 0 aromatic heterocycles. The molecule has 0 spiro atoms. The third-order valence-electron chi connectivity index (χ3n) is 3.43. The summed E-state index contributed by atoms with van der Waals surface area (Å²) in [4.78, 5) is 11.2. The summed E-state index contributed by atoms with van der Waals surface area (Å²) in [5.74, 6) is -0.943. The van der Waals surface area contributed by atoms with Crippen LogP contribution in [0.2, 0.25) is 0 Å². The van der Waals surface area contributed by atoms with Gasteiger partial charge in [-0.05, 0) is 27.5 Å². The molecule has 102 valence electrons. The molecule has 0 aliphatic heterocycles. The lowest BCUT2D eigenvalue weighted by molar-refractivity contribution is -0.131. The van der Waals surface area contributed by atoms with Gasteiger partial charge in [0, 0.05) is 6.08 Å². The Morgan fingerprint density at radius 3 is 2.24 bits per heavy atom. The highest BCUT2D eigenvalue weighted by Gasteiger charge is 2.10. The lowest BCUT2D eigenvalue weighted by atomic mass is 9.93. The molecule has 0 amide bonds. The zero-order valence-electron chi connectivity index (χ0n) is 11.4. The SMILES string of the molecule is O=C(O)/C=C(\c1ccccc1)c1cccc2ccccc12. The molecule has 0 heterocycles. The summed E-state index contributed by atoms with van der Waals surface area (Å²) < 4.78 is 0. The van der Waals surface area contributed by atoms with Gasteiger partial charge >= 0.3 is 5.97 Å². The van der Waals surface area contributed by atoms with Crippen molar-refractivity contribution >= 4 is 22.3 Å². The van der Waals surface area contributed by atoms with Crippen molar-refractivity contribution in [2.45, 2.75) is 0 Å². The predicted molar refractivity (Wildman–Crippen MR) is 85.1 cm³/mol. The first-order chi connectivity index (χ1) is 10.3. The van der Waals surface area contributed by atoms with E-state index in [1.165, 1.54) is 6.08 Å². The van der Waals surface area contributed by atoms with Gasteiger partial charge in [-0.15, -0.1) is 0 Å². The molecule has 0 bridgehead atoms. The number of aliphatic carboxylic acids is 1. The first-order valence-corrected chi connectivity index (χ1v) is 6.74. The zero-order valence-corrected chi connectivity index (χ0v) is 11.4. The van der Waals surface area contributed by atoms with Crippen molar-refractivity contribution in [3.8, 4) is 0 Å². The summed E-state index contributed by atoms with van der Waals surface area (Å²) in [6, 6.07) is 23.5. The summed E-state index contributed by atoms with van der Waals surface area (Å²) in [7, 11) is 0. The van der Waals surface area contributed by atoms with Crippen molar-refractivity contribution in [3.63, 3.8) is 0 Å². The molecule has 0 aliphatic rings. The van der Waals surface area contributed by atoms with E-state index < -0.39 is 5.97 Å². The summed E-state index contributed by atoms with van der Waals surface area (Å²) in [6.07, 6.45) is 1.27. The standard InChI is InChI=1S/C19H14O2/c20-19(21)13-18(15-7-2-1-3-8-15)17-12-6-10-14-9-4-5-11-16(14)17/h1-13H,(H,20,21)/b18-13+. The second-order valence-electron chi connectivity index (χ2n) is 4.79. The number of carboxylic acids is 1. The quantitative estimate of drug-likeness (QED) is 0.721.